The molecule has 0 atom stereocenters. The summed E-state index contributed by atoms with van der Waals surface area (Å²) >= 11 is 0. The van der Waals surface area contributed by atoms with Gasteiger partial charge in [0.25, 0.3) is 0 Å². The number of aryl methyl sites for hydroxylation is 1. The van der Waals surface area contributed by atoms with Crippen molar-refractivity contribution in [1.29, 1.82) is 0 Å². The van der Waals surface area contributed by atoms with Gasteiger partial charge in [-0.25, -0.2) is 0 Å². The van der Waals surface area contributed by atoms with E-state index in [0.29, 0.717) is 0 Å². The number of morpholine rings is 1. The molecule has 4 heteroatoms. The molecule has 1 saturated heterocycles. The number of benzene rings is 2. The van der Waals surface area contributed by atoms with Crippen LogP contribution in [0.15, 0.2) is 42.5 Å². The number of nitrogens with one attached hydrogen (secondary N) is 1. The average Bonchev–Trinajstić information content (AvgIpc) is 2.52. The highest BCUT2D eigenvalue weighted by molar-refractivity contribution is 5.73. The van der Waals surface area contributed by atoms with E-state index in [4.69, 9.17) is 10.5 Å². The molecule has 0 saturated carbocycles. The molecule has 1 fully saturated rings. The van der Waals surface area contributed by atoms with Gasteiger partial charge in [-0.05, 0) is 48.9 Å². The van der Waals surface area contributed by atoms with E-state index in [2.05, 4.69) is 40.5 Å². The highest BCUT2D eigenvalue weighted by atomic mass is 16.5. The van der Waals surface area contributed by atoms with Gasteiger partial charge in [0.1, 0.15) is 0 Å². The predicted octanol–water partition coefficient (Wildman–Crippen LogP) is 3.16. The Morgan fingerprint density at radius 2 is 1.76 bits per heavy atom. The maximum absolute atomic E-state index is 6.03. The summed E-state index contributed by atoms with van der Waals surface area (Å²) in [7, 11) is 0. The Kier molecular flexibility index (Phi) is 3.97. The van der Waals surface area contributed by atoms with Gasteiger partial charge in [-0.1, -0.05) is 6.07 Å². The summed E-state index contributed by atoms with van der Waals surface area (Å²) < 4.78 is 5.38. The Morgan fingerprint density at radius 3 is 2.43 bits per heavy atom. The highest BCUT2D eigenvalue weighted by Crippen LogP contribution is 2.26. The lowest BCUT2D eigenvalue weighted by molar-refractivity contribution is 0.122. The van der Waals surface area contributed by atoms with Crippen molar-refractivity contribution >= 4 is 22.7 Å². The molecule has 0 unspecified atom stereocenters. The van der Waals surface area contributed by atoms with Crippen LogP contribution in [0.5, 0.6) is 0 Å². The summed E-state index contributed by atoms with van der Waals surface area (Å²) in [5.41, 5.74) is 11.2. The normalized spacial score (nSPS) is 15.0. The zero-order chi connectivity index (χ0) is 14.7. The molecule has 110 valence electrons. The van der Waals surface area contributed by atoms with E-state index in [1.807, 2.05) is 19.1 Å². The topological polar surface area (TPSA) is 50.5 Å². The van der Waals surface area contributed by atoms with Crippen molar-refractivity contribution in [1.82, 2.24) is 0 Å². The van der Waals surface area contributed by atoms with Crippen LogP contribution in [0, 0.1) is 6.92 Å². The van der Waals surface area contributed by atoms with Gasteiger partial charge >= 0.3 is 0 Å². The molecule has 0 radical (unpaired) electrons. The number of nitrogen functional groups attached to an aromatic ring is 1. The van der Waals surface area contributed by atoms with Crippen LogP contribution in [0.4, 0.5) is 22.7 Å². The summed E-state index contributed by atoms with van der Waals surface area (Å²) in [4.78, 5) is 2.34. The second-order valence-electron chi connectivity index (χ2n) is 5.36. The largest absolute Gasteiger partial charge is 0.397 e. The van der Waals surface area contributed by atoms with Crippen molar-refractivity contribution in [2.24, 2.45) is 0 Å². The van der Waals surface area contributed by atoms with Gasteiger partial charge in [0.05, 0.1) is 24.6 Å². The fourth-order valence-electron chi connectivity index (χ4n) is 2.53. The minimum absolute atomic E-state index is 0.771. The van der Waals surface area contributed by atoms with Crippen molar-refractivity contribution in [3.63, 3.8) is 0 Å². The van der Waals surface area contributed by atoms with E-state index >= 15 is 0 Å². The first-order valence-corrected chi connectivity index (χ1v) is 7.28. The summed E-state index contributed by atoms with van der Waals surface area (Å²) in [6.07, 6.45) is 0. The first-order chi connectivity index (χ1) is 10.2. The number of rotatable bonds is 3. The van der Waals surface area contributed by atoms with E-state index < -0.39 is 0 Å². The van der Waals surface area contributed by atoms with Gasteiger partial charge in [0, 0.05) is 24.5 Å². The zero-order valence-electron chi connectivity index (χ0n) is 12.3. The third kappa shape index (κ3) is 3.28. The molecular formula is C17H21N3O. The maximum atomic E-state index is 6.03. The maximum Gasteiger partial charge on any atom is 0.0642 e. The van der Waals surface area contributed by atoms with Crippen LogP contribution in [-0.4, -0.2) is 26.3 Å². The Morgan fingerprint density at radius 1 is 1.05 bits per heavy atom. The van der Waals surface area contributed by atoms with Crippen LogP contribution in [0.3, 0.4) is 0 Å². The van der Waals surface area contributed by atoms with Crippen molar-refractivity contribution in [2.75, 3.05) is 42.3 Å². The molecule has 1 aliphatic heterocycles. The van der Waals surface area contributed by atoms with E-state index in [0.717, 1.165) is 43.4 Å². The lowest BCUT2D eigenvalue weighted by Crippen LogP contribution is -2.36. The number of ether oxygens (including phenoxy) is 1. The quantitative estimate of drug-likeness (QED) is 0.850. The first kappa shape index (κ1) is 13.8. The van der Waals surface area contributed by atoms with Crippen LogP contribution in [-0.2, 0) is 4.74 Å². The molecule has 3 N–H and O–H groups in total. The number of hydrogen-bond acceptors (Lipinski definition) is 4. The lowest BCUT2D eigenvalue weighted by atomic mass is 10.2. The fraction of sp³-hybridized carbons (Fsp3) is 0.294. The van der Waals surface area contributed by atoms with Crippen LogP contribution in [0.1, 0.15) is 5.56 Å². The van der Waals surface area contributed by atoms with E-state index in [9.17, 15) is 0 Å². The van der Waals surface area contributed by atoms with E-state index in [1.165, 1.54) is 11.3 Å². The average molecular weight is 283 g/mol. The third-order valence-electron chi connectivity index (χ3n) is 3.73. The number of hydrogen-bond donors (Lipinski definition) is 2. The molecule has 0 spiro atoms. The van der Waals surface area contributed by atoms with Crippen LogP contribution < -0.4 is 16.0 Å². The third-order valence-corrected chi connectivity index (χ3v) is 3.73. The number of nitrogens with two attached hydrogens (primary N) is 1. The molecule has 0 amide bonds. The Labute approximate surface area is 125 Å². The molecule has 3 rings (SSSR count). The second-order valence-corrected chi connectivity index (χ2v) is 5.36. The molecule has 0 bridgehead atoms. The highest BCUT2D eigenvalue weighted by Gasteiger charge is 2.10. The van der Waals surface area contributed by atoms with Crippen molar-refractivity contribution in [3.05, 3.63) is 48.0 Å². The molecule has 0 aliphatic carbocycles. The smallest absolute Gasteiger partial charge is 0.0642 e. The molecule has 2 aromatic carbocycles. The van der Waals surface area contributed by atoms with Gasteiger partial charge in [0.2, 0.25) is 0 Å². The monoisotopic (exact) mass is 283 g/mol. The standard InChI is InChI=1S/C17H21N3O/c1-13-2-7-17(16(18)12-13)19-14-3-5-15(6-4-14)20-8-10-21-11-9-20/h2-7,12,19H,8-11,18H2,1H3. The van der Waals surface area contributed by atoms with Gasteiger partial charge in [-0.2, -0.15) is 0 Å². The SMILES string of the molecule is Cc1ccc(Nc2ccc(N3CCOCC3)cc2)c(N)c1. The summed E-state index contributed by atoms with van der Waals surface area (Å²) in [5, 5.41) is 3.36. The van der Waals surface area contributed by atoms with E-state index in [1.54, 1.807) is 0 Å². The summed E-state index contributed by atoms with van der Waals surface area (Å²) in [5.74, 6) is 0. The molecule has 4 nitrogen and oxygen atoms in total. The van der Waals surface area contributed by atoms with Gasteiger partial charge in [-0.15, -0.1) is 0 Å². The molecule has 1 heterocycles. The van der Waals surface area contributed by atoms with Gasteiger partial charge < -0.3 is 20.7 Å². The number of nitrogens with zero attached hydrogens (tertiary/aromatic N) is 1. The second kappa shape index (κ2) is 6.06. The van der Waals surface area contributed by atoms with Crippen molar-refractivity contribution < 1.29 is 4.74 Å². The van der Waals surface area contributed by atoms with Gasteiger partial charge in [0.15, 0.2) is 0 Å². The molecule has 1 aliphatic rings. The number of anilines is 4. The Bertz CT molecular complexity index is 604. The molecule has 21 heavy (non-hydrogen) atoms. The molecule has 0 aromatic heterocycles. The predicted molar refractivity (Wildman–Crippen MR) is 88.3 cm³/mol. The minimum Gasteiger partial charge on any atom is -0.397 e. The molecule has 2 aromatic rings. The first-order valence-electron chi connectivity index (χ1n) is 7.28. The Balaban J connectivity index is 1.71. The van der Waals surface area contributed by atoms with Crippen LogP contribution >= 0.6 is 0 Å². The summed E-state index contributed by atoms with van der Waals surface area (Å²) in [6.45, 7) is 5.56. The van der Waals surface area contributed by atoms with E-state index in [-0.39, 0.29) is 0 Å². The van der Waals surface area contributed by atoms with Crippen molar-refractivity contribution in [3.8, 4) is 0 Å². The molecular weight excluding hydrogens is 262 g/mol. The van der Waals surface area contributed by atoms with Crippen LogP contribution in [0.25, 0.3) is 0 Å². The zero-order valence-corrected chi connectivity index (χ0v) is 12.3. The lowest BCUT2D eigenvalue weighted by Gasteiger charge is -2.29. The fourth-order valence-corrected chi connectivity index (χ4v) is 2.53. The Hall–Kier alpha value is -2.20. The van der Waals surface area contributed by atoms with Crippen LogP contribution in [0.2, 0.25) is 0 Å². The van der Waals surface area contributed by atoms with Crippen molar-refractivity contribution in [2.45, 2.75) is 6.92 Å². The summed E-state index contributed by atoms with van der Waals surface area (Å²) in [6, 6.07) is 14.5. The minimum atomic E-state index is 0.771. The van der Waals surface area contributed by atoms with Gasteiger partial charge in [-0.3, -0.25) is 0 Å².